The van der Waals surface area contributed by atoms with Crippen molar-refractivity contribution in [1.29, 1.82) is 0 Å². The number of carbonyl (C=O) groups is 1. The highest BCUT2D eigenvalue weighted by atomic mass is 19.3. The highest BCUT2D eigenvalue weighted by Crippen LogP contribution is 2.41. The van der Waals surface area contributed by atoms with E-state index in [1.807, 2.05) is 11.0 Å². The molecule has 0 saturated heterocycles. The van der Waals surface area contributed by atoms with Crippen LogP contribution in [0.5, 0.6) is 0 Å². The highest BCUT2D eigenvalue weighted by molar-refractivity contribution is 6.04. The molecule has 2 N–H and O–H groups in total. The van der Waals surface area contributed by atoms with E-state index in [-0.39, 0.29) is 11.5 Å². The summed E-state index contributed by atoms with van der Waals surface area (Å²) in [7, 11) is 3.31. The Balaban J connectivity index is 1.63. The van der Waals surface area contributed by atoms with E-state index in [2.05, 4.69) is 25.4 Å². The Morgan fingerprint density at radius 1 is 1.28 bits per heavy atom. The predicted octanol–water partition coefficient (Wildman–Crippen LogP) is 3.74. The Labute approximate surface area is 182 Å². The smallest absolute Gasteiger partial charge is 0.264 e. The largest absolute Gasteiger partial charge is 0.355 e. The number of carbonyl (C=O) groups excluding carboxylic acids is 1. The Kier molecular flexibility index (Phi) is 4.84. The van der Waals surface area contributed by atoms with Crippen molar-refractivity contribution >= 4 is 28.6 Å². The van der Waals surface area contributed by atoms with Crippen molar-refractivity contribution in [3.05, 3.63) is 53.6 Å². The number of hydrogen-bond donors (Lipinski definition) is 2. The molecule has 3 aromatic heterocycles. The number of nitrogens with one attached hydrogen (secondary N) is 2. The van der Waals surface area contributed by atoms with Gasteiger partial charge in [0.1, 0.15) is 5.52 Å². The molecular formula is C22H21F2N7O. The van der Waals surface area contributed by atoms with E-state index in [1.54, 1.807) is 49.6 Å². The average molecular weight is 437 g/mol. The van der Waals surface area contributed by atoms with Crippen LogP contribution in [0.1, 0.15) is 34.3 Å². The van der Waals surface area contributed by atoms with Crippen LogP contribution in [0, 0.1) is 0 Å². The maximum atomic E-state index is 14.0. The fraction of sp³-hybridized carbons (Fsp3) is 0.273. The minimum Gasteiger partial charge on any atom is -0.355 e. The van der Waals surface area contributed by atoms with Crippen molar-refractivity contribution in [3.8, 4) is 11.1 Å². The SMILES string of the molecule is CNC(=O)c1c[nH]c2ncc(N3CCCc4cc(-c5cnn(C)c5)c(C(F)F)cc43)nc12. The first-order chi connectivity index (χ1) is 15.5. The van der Waals surface area contributed by atoms with Crippen molar-refractivity contribution < 1.29 is 13.6 Å². The van der Waals surface area contributed by atoms with Gasteiger partial charge in [0.25, 0.3) is 12.3 Å². The van der Waals surface area contributed by atoms with E-state index in [9.17, 15) is 13.6 Å². The summed E-state index contributed by atoms with van der Waals surface area (Å²) < 4.78 is 29.7. The van der Waals surface area contributed by atoms with Gasteiger partial charge in [0.05, 0.1) is 18.0 Å². The van der Waals surface area contributed by atoms with Gasteiger partial charge in [0, 0.05) is 49.8 Å². The molecule has 1 aliphatic rings. The Morgan fingerprint density at radius 3 is 2.84 bits per heavy atom. The number of rotatable bonds is 4. The number of aryl methyl sites for hydroxylation is 2. The summed E-state index contributed by atoms with van der Waals surface area (Å²) in [5.74, 6) is 0.236. The second-order valence-electron chi connectivity index (χ2n) is 7.73. The van der Waals surface area contributed by atoms with Crippen LogP contribution in [-0.4, -0.2) is 44.2 Å². The molecule has 0 saturated carbocycles. The molecule has 1 amide bonds. The summed E-state index contributed by atoms with van der Waals surface area (Å²) in [6.45, 7) is 0.613. The first-order valence-electron chi connectivity index (χ1n) is 10.2. The summed E-state index contributed by atoms with van der Waals surface area (Å²) in [5, 5.41) is 6.72. The Hall–Kier alpha value is -3.82. The van der Waals surface area contributed by atoms with Gasteiger partial charge in [-0.1, -0.05) is 0 Å². The summed E-state index contributed by atoms with van der Waals surface area (Å²) >= 11 is 0. The molecule has 0 unspecified atom stereocenters. The first kappa shape index (κ1) is 20.1. The Morgan fingerprint density at radius 2 is 2.12 bits per heavy atom. The molecule has 4 aromatic rings. The van der Waals surface area contributed by atoms with E-state index in [1.165, 1.54) is 0 Å². The molecule has 0 radical (unpaired) electrons. The van der Waals surface area contributed by atoms with Crippen molar-refractivity contribution in [2.24, 2.45) is 7.05 Å². The zero-order valence-electron chi connectivity index (χ0n) is 17.6. The van der Waals surface area contributed by atoms with Crippen LogP contribution < -0.4 is 10.2 Å². The highest BCUT2D eigenvalue weighted by Gasteiger charge is 2.26. The van der Waals surface area contributed by atoms with Crippen LogP contribution in [0.25, 0.3) is 22.3 Å². The number of halogens is 2. The fourth-order valence-electron chi connectivity index (χ4n) is 4.20. The summed E-state index contributed by atoms with van der Waals surface area (Å²) in [5.41, 5.74) is 4.06. The van der Waals surface area contributed by atoms with Crippen molar-refractivity contribution in [2.75, 3.05) is 18.5 Å². The van der Waals surface area contributed by atoms with Gasteiger partial charge in [-0.25, -0.2) is 18.7 Å². The van der Waals surface area contributed by atoms with Crippen LogP contribution in [0.3, 0.4) is 0 Å². The van der Waals surface area contributed by atoms with Gasteiger partial charge in [-0.2, -0.15) is 5.10 Å². The average Bonchev–Trinajstić information content (AvgIpc) is 3.43. The van der Waals surface area contributed by atoms with Gasteiger partial charge in [0.2, 0.25) is 0 Å². The maximum Gasteiger partial charge on any atom is 0.264 e. The minimum absolute atomic E-state index is 0.0506. The number of hydrogen-bond acceptors (Lipinski definition) is 5. The van der Waals surface area contributed by atoms with Crippen LogP contribution in [0.15, 0.2) is 36.9 Å². The molecule has 4 heterocycles. The number of amides is 1. The van der Waals surface area contributed by atoms with Gasteiger partial charge in [-0.3, -0.25) is 9.48 Å². The summed E-state index contributed by atoms with van der Waals surface area (Å²) in [6.07, 6.45) is 5.46. The standard InChI is InChI=1S/C22H21F2N7O/c1-25-22(32)16-9-26-21-19(16)29-18(10-27-21)31-5-3-4-12-6-14(13-8-28-30(2)11-13)15(20(23)24)7-17(12)31/h6-11,20H,3-5H2,1-2H3,(H,25,32)(H,26,27). The van der Waals surface area contributed by atoms with Crippen LogP contribution in [0.2, 0.25) is 0 Å². The molecule has 32 heavy (non-hydrogen) atoms. The number of anilines is 2. The van der Waals surface area contributed by atoms with Gasteiger partial charge in [-0.05, 0) is 36.1 Å². The van der Waals surface area contributed by atoms with Crippen molar-refractivity contribution in [3.63, 3.8) is 0 Å². The third kappa shape index (κ3) is 3.28. The first-order valence-corrected chi connectivity index (χ1v) is 10.2. The maximum absolute atomic E-state index is 14.0. The molecule has 164 valence electrons. The summed E-state index contributed by atoms with van der Waals surface area (Å²) in [6, 6.07) is 3.38. The van der Waals surface area contributed by atoms with Crippen LogP contribution in [-0.2, 0) is 13.5 Å². The molecule has 8 nitrogen and oxygen atoms in total. The third-order valence-corrected chi connectivity index (χ3v) is 5.74. The number of H-pyrrole nitrogens is 1. The quantitative estimate of drug-likeness (QED) is 0.508. The van der Waals surface area contributed by atoms with Crippen LogP contribution in [0.4, 0.5) is 20.3 Å². The fourth-order valence-corrected chi connectivity index (χ4v) is 4.20. The molecule has 0 spiro atoms. The lowest BCUT2D eigenvalue weighted by Crippen LogP contribution is -2.26. The zero-order chi connectivity index (χ0) is 22.4. The number of alkyl halides is 2. The number of fused-ring (bicyclic) bond motifs is 2. The topological polar surface area (TPSA) is 91.7 Å². The molecule has 0 bridgehead atoms. The minimum atomic E-state index is -2.64. The molecule has 1 aliphatic heterocycles. The predicted molar refractivity (Wildman–Crippen MR) is 116 cm³/mol. The molecule has 10 heteroatoms. The molecule has 0 fully saturated rings. The van der Waals surface area contributed by atoms with E-state index in [4.69, 9.17) is 0 Å². The molecule has 1 aromatic carbocycles. The summed E-state index contributed by atoms with van der Waals surface area (Å²) in [4.78, 5) is 26.1. The van der Waals surface area contributed by atoms with E-state index in [0.29, 0.717) is 45.9 Å². The second kappa shape index (κ2) is 7.70. The third-order valence-electron chi connectivity index (χ3n) is 5.74. The lowest BCUT2D eigenvalue weighted by molar-refractivity contribution is 0.0964. The van der Waals surface area contributed by atoms with Crippen LogP contribution >= 0.6 is 0 Å². The van der Waals surface area contributed by atoms with E-state index in [0.717, 1.165) is 18.4 Å². The van der Waals surface area contributed by atoms with Gasteiger partial charge >= 0.3 is 0 Å². The molecule has 0 atom stereocenters. The molecule has 5 rings (SSSR count). The molecule has 0 aliphatic carbocycles. The number of nitrogens with zero attached hydrogens (tertiary/aromatic N) is 5. The number of aromatic nitrogens is 5. The van der Waals surface area contributed by atoms with Gasteiger partial charge in [0.15, 0.2) is 11.5 Å². The van der Waals surface area contributed by atoms with Gasteiger partial charge in [-0.15, -0.1) is 0 Å². The lowest BCUT2D eigenvalue weighted by atomic mass is 9.93. The normalized spacial score (nSPS) is 13.6. The molecular weight excluding hydrogens is 416 g/mol. The number of benzene rings is 1. The van der Waals surface area contributed by atoms with Crippen molar-refractivity contribution in [2.45, 2.75) is 19.3 Å². The monoisotopic (exact) mass is 437 g/mol. The zero-order valence-corrected chi connectivity index (χ0v) is 17.6. The lowest BCUT2D eigenvalue weighted by Gasteiger charge is -2.31. The van der Waals surface area contributed by atoms with Crippen molar-refractivity contribution in [1.82, 2.24) is 30.0 Å². The second-order valence-corrected chi connectivity index (χ2v) is 7.73. The van der Waals surface area contributed by atoms with E-state index >= 15 is 0 Å². The Bertz CT molecular complexity index is 1330. The number of aromatic amines is 1. The van der Waals surface area contributed by atoms with Gasteiger partial charge < -0.3 is 15.2 Å². The van der Waals surface area contributed by atoms with E-state index < -0.39 is 6.43 Å².